The molecule has 1 fully saturated rings. The molecule has 0 bridgehead atoms. The van der Waals surface area contributed by atoms with E-state index in [-0.39, 0.29) is 16.9 Å². The molecule has 2 N–H and O–H groups in total. The van der Waals surface area contributed by atoms with Crippen LogP contribution in [0.25, 0.3) is 0 Å². The normalized spacial score (nSPS) is 13.3. The Bertz CT molecular complexity index is 1210. The van der Waals surface area contributed by atoms with Crippen LogP contribution < -0.4 is 15.5 Å². The van der Waals surface area contributed by atoms with Crippen LogP contribution in [0, 0.1) is 20.8 Å². The molecule has 1 saturated heterocycles. The molecule has 6 nitrogen and oxygen atoms in total. The number of hydrogen-bond acceptors (Lipinski definition) is 4. The molecule has 2 amide bonds. The standard InChI is InChI=1S/C28H30N4O2S/c1-19-4-6-22(7-5-19)27(34)32-14-12-31(13-15-32)25-10-8-24(9-11-25)29-28(35)30-26(33)23-17-20(2)16-21(3)18-23/h4-11,16-18H,12-15H2,1-3H3,(H2,29,30,33,35). The Kier molecular flexibility index (Phi) is 7.46. The molecule has 0 unspecified atom stereocenters. The number of carbonyl (C=O) groups excluding carboxylic acids is 2. The summed E-state index contributed by atoms with van der Waals surface area (Å²) in [4.78, 5) is 29.5. The number of anilines is 2. The van der Waals surface area contributed by atoms with Crippen LogP contribution in [0.3, 0.4) is 0 Å². The van der Waals surface area contributed by atoms with Crippen LogP contribution in [0.15, 0.2) is 66.7 Å². The highest BCUT2D eigenvalue weighted by atomic mass is 32.1. The van der Waals surface area contributed by atoms with Crippen molar-refractivity contribution in [2.75, 3.05) is 36.4 Å². The molecule has 3 aromatic carbocycles. The quantitative estimate of drug-likeness (QED) is 0.524. The SMILES string of the molecule is Cc1ccc(C(=O)N2CCN(c3ccc(NC(=S)NC(=O)c4cc(C)cc(C)c4)cc3)CC2)cc1. The van der Waals surface area contributed by atoms with Gasteiger partial charge in [-0.25, -0.2) is 0 Å². The lowest BCUT2D eigenvalue weighted by molar-refractivity contribution is 0.0746. The van der Waals surface area contributed by atoms with Crippen molar-refractivity contribution in [3.8, 4) is 0 Å². The number of piperazine rings is 1. The minimum atomic E-state index is -0.232. The summed E-state index contributed by atoms with van der Waals surface area (Å²) in [6.45, 7) is 8.85. The average Bonchev–Trinajstić information content (AvgIpc) is 2.84. The van der Waals surface area contributed by atoms with Gasteiger partial charge in [-0.2, -0.15) is 0 Å². The Labute approximate surface area is 211 Å². The maximum Gasteiger partial charge on any atom is 0.257 e. The maximum atomic E-state index is 12.8. The third-order valence-corrected chi connectivity index (χ3v) is 6.27. The Balaban J connectivity index is 1.29. The fourth-order valence-electron chi connectivity index (χ4n) is 4.25. The Morgan fingerprint density at radius 2 is 1.34 bits per heavy atom. The first-order valence-corrected chi connectivity index (χ1v) is 12.1. The molecule has 7 heteroatoms. The molecule has 0 aromatic heterocycles. The second kappa shape index (κ2) is 10.7. The number of rotatable bonds is 4. The predicted molar refractivity (Wildman–Crippen MR) is 145 cm³/mol. The van der Waals surface area contributed by atoms with Gasteiger partial charge in [0.2, 0.25) is 0 Å². The lowest BCUT2D eigenvalue weighted by atomic mass is 10.1. The third kappa shape index (κ3) is 6.25. The van der Waals surface area contributed by atoms with E-state index >= 15 is 0 Å². The molecule has 0 radical (unpaired) electrons. The van der Waals surface area contributed by atoms with Gasteiger partial charge in [0.25, 0.3) is 11.8 Å². The zero-order valence-electron chi connectivity index (χ0n) is 20.3. The van der Waals surface area contributed by atoms with E-state index in [4.69, 9.17) is 12.2 Å². The predicted octanol–water partition coefficient (Wildman–Crippen LogP) is 4.70. The molecule has 3 aromatic rings. The molecule has 180 valence electrons. The van der Waals surface area contributed by atoms with Gasteiger partial charge < -0.3 is 15.1 Å². The van der Waals surface area contributed by atoms with Gasteiger partial charge in [0.1, 0.15) is 0 Å². The van der Waals surface area contributed by atoms with Crippen molar-refractivity contribution in [1.29, 1.82) is 0 Å². The summed E-state index contributed by atoms with van der Waals surface area (Å²) in [7, 11) is 0. The summed E-state index contributed by atoms with van der Waals surface area (Å²) in [6.07, 6.45) is 0. The van der Waals surface area contributed by atoms with E-state index < -0.39 is 0 Å². The number of nitrogens with one attached hydrogen (secondary N) is 2. The molecule has 1 aliphatic heterocycles. The van der Waals surface area contributed by atoms with E-state index in [0.717, 1.165) is 46.7 Å². The van der Waals surface area contributed by atoms with Crippen LogP contribution >= 0.6 is 12.2 Å². The highest BCUT2D eigenvalue weighted by Gasteiger charge is 2.22. The summed E-state index contributed by atoms with van der Waals surface area (Å²) in [6, 6.07) is 21.4. The Hall–Kier alpha value is -3.71. The maximum absolute atomic E-state index is 12.8. The van der Waals surface area contributed by atoms with E-state index in [1.54, 1.807) is 0 Å². The second-order valence-electron chi connectivity index (χ2n) is 8.98. The lowest BCUT2D eigenvalue weighted by Gasteiger charge is -2.36. The smallest absolute Gasteiger partial charge is 0.257 e. The van der Waals surface area contributed by atoms with E-state index in [1.165, 1.54) is 0 Å². The van der Waals surface area contributed by atoms with Gasteiger partial charge in [0.05, 0.1) is 0 Å². The van der Waals surface area contributed by atoms with Crippen LogP contribution in [0.1, 0.15) is 37.4 Å². The first kappa shape index (κ1) is 24.4. The van der Waals surface area contributed by atoms with Gasteiger partial charge in [-0.15, -0.1) is 0 Å². The summed E-state index contributed by atoms with van der Waals surface area (Å²) in [5.74, 6) is -0.149. The molecule has 35 heavy (non-hydrogen) atoms. The van der Waals surface area contributed by atoms with Gasteiger partial charge in [0.15, 0.2) is 5.11 Å². The van der Waals surface area contributed by atoms with E-state index in [9.17, 15) is 9.59 Å². The summed E-state index contributed by atoms with van der Waals surface area (Å²) < 4.78 is 0. The summed E-state index contributed by atoms with van der Waals surface area (Å²) in [5.41, 5.74) is 6.42. The summed E-state index contributed by atoms with van der Waals surface area (Å²) in [5, 5.41) is 6.07. The third-order valence-electron chi connectivity index (χ3n) is 6.07. The molecule has 1 heterocycles. The van der Waals surface area contributed by atoms with Crippen molar-refractivity contribution in [2.24, 2.45) is 0 Å². The lowest BCUT2D eigenvalue weighted by Crippen LogP contribution is -2.48. The van der Waals surface area contributed by atoms with Crippen LogP contribution in [-0.2, 0) is 0 Å². The largest absolute Gasteiger partial charge is 0.368 e. The summed E-state index contributed by atoms with van der Waals surface area (Å²) >= 11 is 5.33. The van der Waals surface area contributed by atoms with Gasteiger partial charge in [-0.3, -0.25) is 14.9 Å². The zero-order chi connectivity index (χ0) is 24.9. The first-order chi connectivity index (χ1) is 16.8. The molecule has 1 aliphatic rings. The molecule has 0 saturated carbocycles. The van der Waals surface area contributed by atoms with Gasteiger partial charge in [-0.05, 0) is 81.5 Å². The van der Waals surface area contributed by atoms with E-state index in [1.807, 2.05) is 92.4 Å². The Morgan fingerprint density at radius 3 is 1.94 bits per heavy atom. The van der Waals surface area contributed by atoms with E-state index in [0.29, 0.717) is 18.7 Å². The monoisotopic (exact) mass is 486 g/mol. The van der Waals surface area contributed by atoms with Crippen LogP contribution in [-0.4, -0.2) is 48.0 Å². The minimum Gasteiger partial charge on any atom is -0.368 e. The van der Waals surface area contributed by atoms with Crippen LogP contribution in [0.5, 0.6) is 0 Å². The van der Waals surface area contributed by atoms with Crippen molar-refractivity contribution in [1.82, 2.24) is 10.2 Å². The van der Waals surface area contributed by atoms with Gasteiger partial charge in [-0.1, -0.05) is 34.9 Å². The first-order valence-electron chi connectivity index (χ1n) is 11.7. The molecule has 0 aliphatic carbocycles. The van der Waals surface area contributed by atoms with Crippen molar-refractivity contribution < 1.29 is 9.59 Å². The highest BCUT2D eigenvalue weighted by molar-refractivity contribution is 7.80. The number of thiocarbonyl (C=S) groups is 1. The molecule has 4 rings (SSSR count). The zero-order valence-corrected chi connectivity index (χ0v) is 21.1. The van der Waals surface area contributed by atoms with Gasteiger partial charge >= 0.3 is 0 Å². The van der Waals surface area contributed by atoms with Crippen molar-refractivity contribution >= 4 is 40.5 Å². The fourth-order valence-corrected chi connectivity index (χ4v) is 4.46. The van der Waals surface area contributed by atoms with Crippen molar-refractivity contribution in [3.63, 3.8) is 0 Å². The number of nitrogens with zero attached hydrogens (tertiary/aromatic N) is 2. The van der Waals surface area contributed by atoms with Crippen molar-refractivity contribution in [3.05, 3.63) is 94.5 Å². The Morgan fingerprint density at radius 1 is 0.743 bits per heavy atom. The molecular formula is C28H30N4O2S. The number of carbonyl (C=O) groups is 2. The molecular weight excluding hydrogens is 456 g/mol. The second-order valence-corrected chi connectivity index (χ2v) is 9.39. The average molecular weight is 487 g/mol. The van der Waals surface area contributed by atoms with Gasteiger partial charge in [0, 0.05) is 48.7 Å². The fraction of sp³-hybridized carbons (Fsp3) is 0.250. The number of hydrogen-bond donors (Lipinski definition) is 2. The topological polar surface area (TPSA) is 64.7 Å². The number of benzene rings is 3. The molecule has 0 atom stereocenters. The number of amides is 2. The highest BCUT2D eigenvalue weighted by Crippen LogP contribution is 2.20. The van der Waals surface area contributed by atoms with Crippen LogP contribution in [0.2, 0.25) is 0 Å². The minimum absolute atomic E-state index is 0.0839. The van der Waals surface area contributed by atoms with Crippen LogP contribution in [0.4, 0.5) is 11.4 Å². The number of aryl methyl sites for hydroxylation is 3. The van der Waals surface area contributed by atoms with E-state index in [2.05, 4.69) is 15.5 Å². The van der Waals surface area contributed by atoms with Crippen molar-refractivity contribution in [2.45, 2.75) is 20.8 Å². The molecule has 0 spiro atoms.